The van der Waals surface area contributed by atoms with Gasteiger partial charge in [-0.15, -0.1) is 11.8 Å². The third-order valence-electron chi connectivity index (χ3n) is 2.87. The van der Waals surface area contributed by atoms with Crippen molar-refractivity contribution in [2.75, 3.05) is 19.4 Å². The average molecular weight is 291 g/mol. The van der Waals surface area contributed by atoms with Crippen LogP contribution in [0.4, 0.5) is 4.39 Å². The highest BCUT2D eigenvalue weighted by Gasteiger charge is 2.03. The highest BCUT2D eigenvalue weighted by atomic mass is 32.2. The summed E-state index contributed by atoms with van der Waals surface area (Å²) in [5, 5.41) is 3.25. The lowest BCUT2D eigenvalue weighted by atomic mass is 10.2. The molecule has 0 fully saturated rings. The monoisotopic (exact) mass is 291 g/mol. The Labute approximate surface area is 123 Å². The number of ether oxygens (including phenoxy) is 1. The van der Waals surface area contributed by atoms with E-state index >= 15 is 0 Å². The van der Waals surface area contributed by atoms with Gasteiger partial charge in [0.15, 0.2) is 0 Å². The van der Waals surface area contributed by atoms with Crippen molar-refractivity contribution < 1.29 is 9.13 Å². The van der Waals surface area contributed by atoms with Gasteiger partial charge in [-0.25, -0.2) is 4.39 Å². The number of hydrogen-bond donors (Lipinski definition) is 1. The molecule has 0 saturated heterocycles. The van der Waals surface area contributed by atoms with Crippen molar-refractivity contribution in [2.24, 2.45) is 0 Å². The largest absolute Gasteiger partial charge is 0.497 e. The van der Waals surface area contributed by atoms with Crippen LogP contribution in [0.25, 0.3) is 0 Å². The van der Waals surface area contributed by atoms with E-state index < -0.39 is 0 Å². The van der Waals surface area contributed by atoms with Crippen molar-refractivity contribution in [3.8, 4) is 5.75 Å². The molecule has 0 saturated carbocycles. The standard InChI is InChI=1S/C16H18FNOS/c1-19-14-8-7-13(16(17)11-14)12-18-9-10-20-15-5-3-2-4-6-15/h2-8,11,18H,9-10,12H2,1H3. The van der Waals surface area contributed by atoms with Crippen molar-refractivity contribution >= 4 is 11.8 Å². The maximum Gasteiger partial charge on any atom is 0.131 e. The third-order valence-corrected chi connectivity index (χ3v) is 3.88. The van der Waals surface area contributed by atoms with Crippen LogP contribution in [0.1, 0.15) is 5.56 Å². The summed E-state index contributed by atoms with van der Waals surface area (Å²) in [6.45, 7) is 1.37. The van der Waals surface area contributed by atoms with Gasteiger partial charge in [-0.2, -0.15) is 0 Å². The molecule has 106 valence electrons. The molecular weight excluding hydrogens is 273 g/mol. The summed E-state index contributed by atoms with van der Waals surface area (Å²) in [6.07, 6.45) is 0. The van der Waals surface area contributed by atoms with E-state index in [1.165, 1.54) is 18.1 Å². The fourth-order valence-corrected chi connectivity index (χ4v) is 2.61. The van der Waals surface area contributed by atoms with Gasteiger partial charge in [0.2, 0.25) is 0 Å². The van der Waals surface area contributed by atoms with Crippen LogP contribution in [0.3, 0.4) is 0 Å². The molecule has 20 heavy (non-hydrogen) atoms. The molecule has 0 amide bonds. The van der Waals surface area contributed by atoms with E-state index in [2.05, 4.69) is 17.4 Å². The van der Waals surface area contributed by atoms with E-state index in [1.807, 2.05) is 18.2 Å². The van der Waals surface area contributed by atoms with Gasteiger partial charge in [0.05, 0.1) is 7.11 Å². The fraction of sp³-hybridized carbons (Fsp3) is 0.250. The first-order chi connectivity index (χ1) is 9.79. The van der Waals surface area contributed by atoms with E-state index in [4.69, 9.17) is 4.74 Å². The number of thioether (sulfide) groups is 1. The van der Waals surface area contributed by atoms with E-state index in [0.29, 0.717) is 17.9 Å². The first-order valence-electron chi connectivity index (χ1n) is 6.50. The van der Waals surface area contributed by atoms with Crippen LogP contribution in [0.2, 0.25) is 0 Å². The molecule has 0 aliphatic heterocycles. The van der Waals surface area contributed by atoms with Crippen molar-refractivity contribution in [3.05, 3.63) is 59.9 Å². The molecular formula is C16H18FNOS. The van der Waals surface area contributed by atoms with Crippen LogP contribution in [0, 0.1) is 5.82 Å². The van der Waals surface area contributed by atoms with Gasteiger partial charge in [-0.3, -0.25) is 0 Å². The summed E-state index contributed by atoms with van der Waals surface area (Å²) in [5.41, 5.74) is 0.663. The summed E-state index contributed by atoms with van der Waals surface area (Å²) in [4.78, 5) is 1.25. The minimum Gasteiger partial charge on any atom is -0.497 e. The zero-order chi connectivity index (χ0) is 14.2. The highest BCUT2D eigenvalue weighted by molar-refractivity contribution is 7.99. The van der Waals surface area contributed by atoms with Crippen LogP contribution in [-0.4, -0.2) is 19.4 Å². The van der Waals surface area contributed by atoms with E-state index in [1.54, 1.807) is 23.9 Å². The van der Waals surface area contributed by atoms with E-state index in [9.17, 15) is 4.39 Å². The quantitative estimate of drug-likeness (QED) is 0.620. The average Bonchev–Trinajstić information content (AvgIpc) is 2.49. The van der Waals surface area contributed by atoms with E-state index in [0.717, 1.165) is 12.3 Å². The highest BCUT2D eigenvalue weighted by Crippen LogP contribution is 2.17. The predicted molar refractivity (Wildman–Crippen MR) is 81.8 cm³/mol. The summed E-state index contributed by atoms with van der Waals surface area (Å²) in [7, 11) is 1.54. The van der Waals surface area contributed by atoms with Crippen molar-refractivity contribution in [1.82, 2.24) is 5.32 Å². The maximum absolute atomic E-state index is 13.7. The Morgan fingerprint density at radius 3 is 2.65 bits per heavy atom. The number of methoxy groups -OCH3 is 1. The topological polar surface area (TPSA) is 21.3 Å². The molecule has 1 N–H and O–H groups in total. The van der Waals surface area contributed by atoms with Gasteiger partial charge < -0.3 is 10.1 Å². The SMILES string of the molecule is COc1ccc(CNCCSc2ccccc2)c(F)c1. The first kappa shape index (κ1) is 14.9. The maximum atomic E-state index is 13.7. The first-order valence-corrected chi connectivity index (χ1v) is 7.49. The molecule has 2 rings (SSSR count). The molecule has 0 bridgehead atoms. The molecule has 0 spiro atoms. The smallest absolute Gasteiger partial charge is 0.131 e. The number of rotatable bonds is 7. The molecule has 0 aliphatic rings. The normalized spacial score (nSPS) is 10.5. The van der Waals surface area contributed by atoms with E-state index in [-0.39, 0.29) is 5.82 Å². The Balaban J connectivity index is 1.71. The fourth-order valence-electron chi connectivity index (χ4n) is 1.78. The Hall–Kier alpha value is -1.52. The van der Waals surface area contributed by atoms with Gasteiger partial charge in [0.25, 0.3) is 0 Å². The molecule has 2 nitrogen and oxygen atoms in total. The Morgan fingerprint density at radius 1 is 1.15 bits per heavy atom. The predicted octanol–water partition coefficient (Wildman–Crippen LogP) is 3.72. The van der Waals surface area contributed by atoms with Gasteiger partial charge in [-0.05, 0) is 18.2 Å². The number of nitrogens with one attached hydrogen (secondary N) is 1. The lowest BCUT2D eigenvalue weighted by molar-refractivity contribution is 0.410. The minimum atomic E-state index is -0.229. The molecule has 0 unspecified atom stereocenters. The molecule has 0 atom stereocenters. The molecule has 4 heteroatoms. The lowest BCUT2D eigenvalue weighted by Gasteiger charge is -2.07. The molecule has 0 aliphatic carbocycles. The summed E-state index contributed by atoms with van der Waals surface area (Å²) in [5.74, 6) is 1.28. The van der Waals surface area contributed by atoms with Crippen LogP contribution in [0.5, 0.6) is 5.75 Å². The number of hydrogen-bond acceptors (Lipinski definition) is 3. The Morgan fingerprint density at radius 2 is 1.95 bits per heavy atom. The van der Waals surface area contributed by atoms with Crippen molar-refractivity contribution in [1.29, 1.82) is 0 Å². The molecule has 2 aromatic rings. The summed E-state index contributed by atoms with van der Waals surface area (Å²) >= 11 is 1.79. The summed E-state index contributed by atoms with van der Waals surface area (Å²) < 4.78 is 18.7. The van der Waals surface area contributed by atoms with Gasteiger partial charge in [-0.1, -0.05) is 24.3 Å². The van der Waals surface area contributed by atoms with Gasteiger partial charge in [0.1, 0.15) is 11.6 Å². The second kappa shape index (κ2) is 7.92. The Kier molecular flexibility index (Phi) is 5.89. The van der Waals surface area contributed by atoms with Crippen LogP contribution in [-0.2, 0) is 6.54 Å². The van der Waals surface area contributed by atoms with Gasteiger partial charge >= 0.3 is 0 Å². The van der Waals surface area contributed by atoms with Crippen molar-refractivity contribution in [2.45, 2.75) is 11.4 Å². The molecule has 0 radical (unpaired) electrons. The lowest BCUT2D eigenvalue weighted by Crippen LogP contribution is -2.17. The summed E-state index contributed by atoms with van der Waals surface area (Å²) in [6, 6.07) is 15.2. The minimum absolute atomic E-state index is 0.229. The number of benzene rings is 2. The molecule has 0 aromatic heterocycles. The molecule has 2 aromatic carbocycles. The van der Waals surface area contributed by atoms with Crippen molar-refractivity contribution in [3.63, 3.8) is 0 Å². The second-order valence-electron chi connectivity index (χ2n) is 4.30. The molecule has 0 heterocycles. The number of halogens is 1. The third kappa shape index (κ3) is 4.54. The van der Waals surface area contributed by atoms with Crippen LogP contribution in [0.15, 0.2) is 53.4 Å². The zero-order valence-corrected chi connectivity index (χ0v) is 12.3. The zero-order valence-electron chi connectivity index (χ0n) is 11.4. The Bertz CT molecular complexity index is 533. The van der Waals surface area contributed by atoms with Crippen LogP contribution < -0.4 is 10.1 Å². The van der Waals surface area contributed by atoms with Gasteiger partial charge in [0, 0.05) is 35.4 Å². The second-order valence-corrected chi connectivity index (χ2v) is 5.46. The van der Waals surface area contributed by atoms with Crippen LogP contribution >= 0.6 is 11.8 Å².